The van der Waals surface area contributed by atoms with Crippen LogP contribution in [0.5, 0.6) is 0 Å². The van der Waals surface area contributed by atoms with E-state index in [1.54, 1.807) is 17.4 Å². The first-order valence-corrected chi connectivity index (χ1v) is 5.96. The Morgan fingerprint density at radius 1 is 1.80 bits per heavy atom. The van der Waals surface area contributed by atoms with Crippen LogP contribution in [-0.2, 0) is 4.79 Å². The Labute approximate surface area is 101 Å². The van der Waals surface area contributed by atoms with Gasteiger partial charge in [-0.1, -0.05) is 22.5 Å². The zero-order chi connectivity index (χ0) is 11.3. The fourth-order valence-electron chi connectivity index (χ4n) is 0.860. The van der Waals surface area contributed by atoms with Crippen LogP contribution in [0.15, 0.2) is 22.5 Å². The zero-order valence-corrected chi connectivity index (χ0v) is 10.7. The standard InChI is InChI=1S/C10H11BrN2OS/c1-7(11)5-12-10(14)4-3-9-6-15-8(2)13-9/h3-4,6H,1,5H2,2H3,(H,12,14)/b4-3+. The predicted octanol–water partition coefficient (Wildman–Crippen LogP) is 2.49. The van der Waals surface area contributed by atoms with Gasteiger partial charge in [0, 0.05) is 22.5 Å². The summed E-state index contributed by atoms with van der Waals surface area (Å²) in [5, 5.41) is 5.56. The Balaban J connectivity index is 2.44. The zero-order valence-electron chi connectivity index (χ0n) is 8.29. The lowest BCUT2D eigenvalue weighted by Crippen LogP contribution is -2.21. The second kappa shape index (κ2) is 5.82. The van der Waals surface area contributed by atoms with Gasteiger partial charge in [-0.05, 0) is 13.0 Å². The molecule has 0 saturated carbocycles. The third kappa shape index (κ3) is 4.90. The minimum absolute atomic E-state index is 0.152. The third-order valence-corrected chi connectivity index (χ3v) is 2.57. The average Bonchev–Trinajstić information content (AvgIpc) is 2.58. The summed E-state index contributed by atoms with van der Waals surface area (Å²) in [6, 6.07) is 0. The first-order valence-electron chi connectivity index (χ1n) is 4.29. The van der Waals surface area contributed by atoms with Crippen molar-refractivity contribution in [3.63, 3.8) is 0 Å². The first kappa shape index (κ1) is 12.1. The molecule has 0 aliphatic carbocycles. The monoisotopic (exact) mass is 286 g/mol. The van der Waals surface area contributed by atoms with Crippen molar-refractivity contribution in [2.75, 3.05) is 6.54 Å². The molecule has 3 nitrogen and oxygen atoms in total. The van der Waals surface area contributed by atoms with Crippen molar-refractivity contribution in [2.45, 2.75) is 6.92 Å². The summed E-state index contributed by atoms with van der Waals surface area (Å²) in [4.78, 5) is 15.4. The van der Waals surface area contributed by atoms with Crippen LogP contribution in [0.1, 0.15) is 10.7 Å². The van der Waals surface area contributed by atoms with E-state index >= 15 is 0 Å². The molecule has 1 rings (SSSR count). The number of hydrogen-bond donors (Lipinski definition) is 1. The van der Waals surface area contributed by atoms with Gasteiger partial charge in [0.2, 0.25) is 5.91 Å². The molecule has 0 fully saturated rings. The molecule has 0 spiro atoms. The maximum Gasteiger partial charge on any atom is 0.244 e. The highest BCUT2D eigenvalue weighted by atomic mass is 79.9. The number of halogens is 1. The molecule has 5 heteroatoms. The van der Waals surface area contributed by atoms with E-state index in [1.165, 1.54) is 6.08 Å². The smallest absolute Gasteiger partial charge is 0.244 e. The summed E-state index contributed by atoms with van der Waals surface area (Å²) in [7, 11) is 0. The van der Waals surface area contributed by atoms with Gasteiger partial charge < -0.3 is 5.32 Å². The maximum absolute atomic E-state index is 11.2. The van der Waals surface area contributed by atoms with Gasteiger partial charge in [-0.25, -0.2) is 4.98 Å². The number of carbonyl (C=O) groups is 1. The van der Waals surface area contributed by atoms with Crippen LogP contribution < -0.4 is 5.32 Å². The SMILES string of the molecule is C=C(Br)CNC(=O)/C=C/c1csc(C)n1. The highest BCUT2D eigenvalue weighted by molar-refractivity contribution is 9.11. The van der Waals surface area contributed by atoms with Crippen molar-refractivity contribution in [3.05, 3.63) is 33.2 Å². The molecule has 0 saturated heterocycles. The van der Waals surface area contributed by atoms with Crippen molar-refractivity contribution in [3.8, 4) is 0 Å². The molecule has 80 valence electrons. The van der Waals surface area contributed by atoms with E-state index in [0.717, 1.165) is 15.2 Å². The van der Waals surface area contributed by atoms with E-state index in [0.29, 0.717) is 6.54 Å². The number of carbonyl (C=O) groups excluding carboxylic acids is 1. The summed E-state index contributed by atoms with van der Waals surface area (Å²) in [6.07, 6.45) is 3.15. The Bertz CT molecular complexity index is 398. The van der Waals surface area contributed by atoms with E-state index in [4.69, 9.17) is 0 Å². The molecule has 1 amide bonds. The van der Waals surface area contributed by atoms with Crippen LogP contribution in [-0.4, -0.2) is 17.4 Å². The Kier molecular flexibility index (Phi) is 4.71. The molecule has 1 aromatic rings. The number of nitrogens with one attached hydrogen (secondary N) is 1. The number of hydrogen-bond acceptors (Lipinski definition) is 3. The van der Waals surface area contributed by atoms with Crippen molar-refractivity contribution in [1.82, 2.24) is 10.3 Å². The summed E-state index contributed by atoms with van der Waals surface area (Å²) < 4.78 is 0.744. The van der Waals surface area contributed by atoms with Crippen molar-refractivity contribution < 1.29 is 4.79 Å². The van der Waals surface area contributed by atoms with E-state index in [9.17, 15) is 4.79 Å². The molecule has 0 bridgehead atoms. The second-order valence-electron chi connectivity index (χ2n) is 2.86. The number of aromatic nitrogens is 1. The molecule has 0 aliphatic heterocycles. The third-order valence-electron chi connectivity index (χ3n) is 1.50. The maximum atomic E-state index is 11.2. The lowest BCUT2D eigenvalue weighted by Gasteiger charge is -1.97. The molecule has 0 unspecified atom stereocenters. The van der Waals surface area contributed by atoms with Crippen LogP contribution in [0.2, 0.25) is 0 Å². The molecule has 1 N–H and O–H groups in total. The van der Waals surface area contributed by atoms with E-state index in [2.05, 4.69) is 32.8 Å². The first-order chi connectivity index (χ1) is 7.08. The molecular formula is C10H11BrN2OS. The largest absolute Gasteiger partial charge is 0.348 e. The molecule has 0 radical (unpaired) electrons. The van der Waals surface area contributed by atoms with Crippen molar-refractivity contribution >= 4 is 39.2 Å². The van der Waals surface area contributed by atoms with Gasteiger partial charge in [0.15, 0.2) is 0 Å². The number of amides is 1. The Hall–Kier alpha value is -0.940. The van der Waals surface area contributed by atoms with Crippen LogP contribution >= 0.6 is 27.3 Å². The van der Waals surface area contributed by atoms with Gasteiger partial charge in [-0.2, -0.15) is 0 Å². The van der Waals surface area contributed by atoms with Gasteiger partial charge in [-0.15, -0.1) is 11.3 Å². The Morgan fingerprint density at radius 3 is 3.07 bits per heavy atom. The molecule has 0 atom stereocenters. The minimum atomic E-state index is -0.152. The number of thiazole rings is 1. The molecular weight excluding hydrogens is 276 g/mol. The molecule has 15 heavy (non-hydrogen) atoms. The fourth-order valence-corrected chi connectivity index (χ4v) is 1.58. The highest BCUT2D eigenvalue weighted by Crippen LogP contribution is 2.08. The van der Waals surface area contributed by atoms with Gasteiger partial charge in [0.05, 0.1) is 10.7 Å². The highest BCUT2D eigenvalue weighted by Gasteiger charge is 1.96. The molecule has 0 aliphatic rings. The fraction of sp³-hybridized carbons (Fsp3) is 0.200. The average molecular weight is 287 g/mol. The van der Waals surface area contributed by atoms with Crippen LogP contribution in [0.4, 0.5) is 0 Å². The van der Waals surface area contributed by atoms with Gasteiger partial charge in [-0.3, -0.25) is 4.79 Å². The van der Waals surface area contributed by atoms with Crippen LogP contribution in [0.25, 0.3) is 6.08 Å². The number of aryl methyl sites for hydroxylation is 1. The number of rotatable bonds is 4. The molecule has 0 aromatic carbocycles. The van der Waals surface area contributed by atoms with E-state index in [1.807, 2.05) is 12.3 Å². The lowest BCUT2D eigenvalue weighted by atomic mass is 10.4. The molecule has 1 heterocycles. The second-order valence-corrected chi connectivity index (χ2v) is 5.04. The van der Waals surface area contributed by atoms with Crippen molar-refractivity contribution in [1.29, 1.82) is 0 Å². The summed E-state index contributed by atoms with van der Waals surface area (Å²) in [5.74, 6) is -0.152. The topological polar surface area (TPSA) is 42.0 Å². The van der Waals surface area contributed by atoms with Crippen molar-refractivity contribution in [2.24, 2.45) is 0 Å². The van der Waals surface area contributed by atoms with Gasteiger partial charge in [0.1, 0.15) is 0 Å². The molecule has 1 aromatic heterocycles. The van der Waals surface area contributed by atoms with Crippen LogP contribution in [0, 0.1) is 6.92 Å². The van der Waals surface area contributed by atoms with Gasteiger partial charge >= 0.3 is 0 Å². The van der Waals surface area contributed by atoms with E-state index in [-0.39, 0.29) is 5.91 Å². The normalized spacial score (nSPS) is 10.5. The predicted molar refractivity (Wildman–Crippen MR) is 67.0 cm³/mol. The summed E-state index contributed by atoms with van der Waals surface area (Å²) in [5.41, 5.74) is 0.810. The summed E-state index contributed by atoms with van der Waals surface area (Å²) >= 11 is 4.72. The number of nitrogens with zero attached hydrogens (tertiary/aromatic N) is 1. The Morgan fingerprint density at radius 2 is 2.53 bits per heavy atom. The quantitative estimate of drug-likeness (QED) is 0.864. The minimum Gasteiger partial charge on any atom is -0.348 e. The van der Waals surface area contributed by atoms with Crippen LogP contribution in [0.3, 0.4) is 0 Å². The van der Waals surface area contributed by atoms with E-state index < -0.39 is 0 Å². The van der Waals surface area contributed by atoms with Gasteiger partial charge in [0.25, 0.3) is 0 Å². The summed E-state index contributed by atoms with van der Waals surface area (Å²) in [6.45, 7) is 5.97. The lowest BCUT2D eigenvalue weighted by molar-refractivity contribution is -0.116.